The van der Waals surface area contributed by atoms with E-state index in [4.69, 9.17) is 5.11 Å². The molecule has 2 atom stereocenters. The van der Waals surface area contributed by atoms with Gasteiger partial charge in [0, 0.05) is 13.1 Å². The van der Waals surface area contributed by atoms with Gasteiger partial charge in [0.2, 0.25) is 0 Å². The maximum atomic E-state index is 11.9. The van der Waals surface area contributed by atoms with Gasteiger partial charge in [0.25, 0.3) is 0 Å². The summed E-state index contributed by atoms with van der Waals surface area (Å²) in [6.07, 6.45) is 7.58. The van der Waals surface area contributed by atoms with Crippen molar-refractivity contribution in [3.05, 3.63) is 12.7 Å². The molecule has 1 saturated carbocycles. The van der Waals surface area contributed by atoms with Gasteiger partial charge in [-0.15, -0.1) is 6.58 Å². The van der Waals surface area contributed by atoms with Crippen molar-refractivity contribution in [3.63, 3.8) is 0 Å². The van der Waals surface area contributed by atoms with Crippen LogP contribution in [-0.4, -0.2) is 41.6 Å². The lowest BCUT2D eigenvalue weighted by atomic mass is 9.81. The molecule has 1 aliphatic carbocycles. The number of hydrogen-bond donors (Lipinski definition) is 2. The van der Waals surface area contributed by atoms with E-state index in [9.17, 15) is 9.59 Å². The molecule has 5 heteroatoms. The molecule has 0 aromatic carbocycles. The number of nitrogens with zero attached hydrogens (tertiary/aromatic N) is 1. The first kappa shape index (κ1) is 16.5. The predicted octanol–water partition coefficient (Wildman–Crippen LogP) is 2.49. The summed E-state index contributed by atoms with van der Waals surface area (Å²) in [5.74, 6) is 0.461. The van der Waals surface area contributed by atoms with Crippen molar-refractivity contribution in [3.8, 4) is 0 Å². The number of amides is 2. The summed E-state index contributed by atoms with van der Waals surface area (Å²) >= 11 is 0. The Balaban J connectivity index is 2.29. The van der Waals surface area contributed by atoms with Gasteiger partial charge in [-0.05, 0) is 24.7 Å². The molecule has 1 aliphatic rings. The second kappa shape index (κ2) is 8.61. The molecule has 0 heterocycles. The lowest BCUT2D eigenvalue weighted by Gasteiger charge is -2.27. The topological polar surface area (TPSA) is 69.6 Å². The van der Waals surface area contributed by atoms with Crippen LogP contribution in [0.25, 0.3) is 0 Å². The summed E-state index contributed by atoms with van der Waals surface area (Å²) in [7, 11) is 0. The minimum absolute atomic E-state index is 0.249. The van der Waals surface area contributed by atoms with Gasteiger partial charge in [0.15, 0.2) is 0 Å². The Labute approximate surface area is 121 Å². The zero-order chi connectivity index (χ0) is 15.0. The van der Waals surface area contributed by atoms with Crippen LogP contribution in [0.15, 0.2) is 12.7 Å². The average molecular weight is 282 g/mol. The normalized spacial score (nSPS) is 22.1. The average Bonchev–Trinajstić information content (AvgIpc) is 2.37. The molecule has 0 aromatic heterocycles. The highest BCUT2D eigenvalue weighted by molar-refractivity contribution is 5.80. The molecule has 5 nitrogen and oxygen atoms in total. The maximum Gasteiger partial charge on any atom is 0.323 e. The quantitative estimate of drug-likeness (QED) is 0.705. The number of carboxylic acids is 1. The van der Waals surface area contributed by atoms with Gasteiger partial charge in [-0.1, -0.05) is 32.3 Å². The highest BCUT2D eigenvalue weighted by Gasteiger charge is 2.19. The molecule has 0 radical (unpaired) electrons. The second-order valence-electron chi connectivity index (χ2n) is 5.72. The lowest BCUT2D eigenvalue weighted by Crippen LogP contribution is -2.43. The Morgan fingerprint density at radius 3 is 2.80 bits per heavy atom. The smallest absolute Gasteiger partial charge is 0.323 e. The molecular weight excluding hydrogens is 256 g/mol. The standard InChI is InChI=1S/C15H26N2O3/c1-3-9-17(11-14(18)19)15(20)16-8-7-13-6-4-5-12(2)10-13/h3,12-13H,1,4-11H2,2H3,(H,16,20)(H,18,19). The molecule has 2 unspecified atom stereocenters. The molecular formula is C15H26N2O3. The van der Waals surface area contributed by atoms with E-state index in [-0.39, 0.29) is 19.1 Å². The minimum Gasteiger partial charge on any atom is -0.480 e. The maximum absolute atomic E-state index is 11.9. The Morgan fingerprint density at radius 2 is 2.20 bits per heavy atom. The van der Waals surface area contributed by atoms with E-state index >= 15 is 0 Å². The van der Waals surface area contributed by atoms with Crippen LogP contribution >= 0.6 is 0 Å². The highest BCUT2D eigenvalue weighted by atomic mass is 16.4. The third kappa shape index (κ3) is 6.08. The first-order valence-electron chi connectivity index (χ1n) is 7.38. The second-order valence-corrected chi connectivity index (χ2v) is 5.72. The summed E-state index contributed by atoms with van der Waals surface area (Å²) in [5, 5.41) is 11.6. The van der Waals surface area contributed by atoms with Gasteiger partial charge in [-0.3, -0.25) is 4.79 Å². The Bertz CT molecular complexity index is 344. The van der Waals surface area contributed by atoms with Crippen molar-refractivity contribution in [1.29, 1.82) is 0 Å². The molecule has 114 valence electrons. The summed E-state index contributed by atoms with van der Waals surface area (Å²) in [5.41, 5.74) is 0. The summed E-state index contributed by atoms with van der Waals surface area (Å²) in [6.45, 7) is 6.39. The van der Waals surface area contributed by atoms with Crippen LogP contribution in [-0.2, 0) is 4.79 Å². The van der Waals surface area contributed by atoms with Crippen LogP contribution in [0.1, 0.15) is 39.0 Å². The number of carbonyl (C=O) groups is 2. The van der Waals surface area contributed by atoms with E-state index in [2.05, 4.69) is 18.8 Å². The zero-order valence-electron chi connectivity index (χ0n) is 12.3. The molecule has 2 amide bonds. The van der Waals surface area contributed by atoms with Crippen LogP contribution in [0, 0.1) is 11.8 Å². The minimum atomic E-state index is -1.01. The van der Waals surface area contributed by atoms with E-state index in [0.29, 0.717) is 12.5 Å². The van der Waals surface area contributed by atoms with E-state index < -0.39 is 5.97 Å². The van der Waals surface area contributed by atoms with Gasteiger partial charge < -0.3 is 15.3 Å². The fraction of sp³-hybridized carbons (Fsp3) is 0.733. The predicted molar refractivity (Wildman–Crippen MR) is 78.5 cm³/mol. The van der Waals surface area contributed by atoms with Crippen LogP contribution in [0.2, 0.25) is 0 Å². The first-order valence-corrected chi connectivity index (χ1v) is 7.38. The molecule has 0 spiro atoms. The number of rotatable bonds is 7. The van der Waals surface area contributed by atoms with Crippen LogP contribution in [0.5, 0.6) is 0 Å². The Kier molecular flexibility index (Phi) is 7.12. The van der Waals surface area contributed by atoms with Crippen molar-refractivity contribution in [2.24, 2.45) is 11.8 Å². The zero-order valence-corrected chi connectivity index (χ0v) is 12.3. The van der Waals surface area contributed by atoms with Crippen molar-refractivity contribution < 1.29 is 14.7 Å². The first-order chi connectivity index (χ1) is 9.52. The lowest BCUT2D eigenvalue weighted by molar-refractivity contribution is -0.137. The molecule has 0 bridgehead atoms. The summed E-state index contributed by atoms with van der Waals surface area (Å²) in [6, 6.07) is -0.323. The van der Waals surface area contributed by atoms with Gasteiger partial charge in [-0.2, -0.15) is 0 Å². The number of aliphatic carboxylic acids is 1. The number of carboxylic acid groups (broad SMARTS) is 1. The molecule has 2 N–H and O–H groups in total. The third-order valence-corrected chi connectivity index (χ3v) is 3.84. The van der Waals surface area contributed by atoms with E-state index in [0.717, 1.165) is 12.3 Å². The van der Waals surface area contributed by atoms with Gasteiger partial charge >= 0.3 is 12.0 Å². The largest absolute Gasteiger partial charge is 0.480 e. The molecule has 1 rings (SSSR count). The van der Waals surface area contributed by atoms with Crippen molar-refractivity contribution in [2.75, 3.05) is 19.6 Å². The van der Waals surface area contributed by atoms with Gasteiger partial charge in [-0.25, -0.2) is 4.79 Å². The molecule has 0 aromatic rings. The molecule has 0 saturated heterocycles. The van der Waals surface area contributed by atoms with Crippen molar-refractivity contribution in [2.45, 2.75) is 39.0 Å². The fourth-order valence-corrected chi connectivity index (χ4v) is 2.86. The van der Waals surface area contributed by atoms with Crippen LogP contribution < -0.4 is 5.32 Å². The summed E-state index contributed by atoms with van der Waals surface area (Å²) < 4.78 is 0. The van der Waals surface area contributed by atoms with E-state index in [1.165, 1.54) is 36.7 Å². The van der Waals surface area contributed by atoms with Crippen molar-refractivity contribution in [1.82, 2.24) is 10.2 Å². The Morgan fingerprint density at radius 1 is 1.45 bits per heavy atom. The van der Waals surface area contributed by atoms with Crippen LogP contribution in [0.4, 0.5) is 4.79 Å². The monoisotopic (exact) mass is 282 g/mol. The Hall–Kier alpha value is -1.52. The van der Waals surface area contributed by atoms with Gasteiger partial charge in [0.05, 0.1) is 0 Å². The number of hydrogen-bond acceptors (Lipinski definition) is 2. The van der Waals surface area contributed by atoms with Gasteiger partial charge in [0.1, 0.15) is 6.54 Å². The summed E-state index contributed by atoms with van der Waals surface area (Å²) in [4.78, 5) is 23.8. The third-order valence-electron chi connectivity index (χ3n) is 3.84. The van der Waals surface area contributed by atoms with E-state index in [1.54, 1.807) is 0 Å². The number of urea groups is 1. The molecule has 0 aliphatic heterocycles. The highest BCUT2D eigenvalue weighted by Crippen LogP contribution is 2.30. The van der Waals surface area contributed by atoms with E-state index in [1.807, 2.05) is 0 Å². The van der Waals surface area contributed by atoms with Crippen LogP contribution in [0.3, 0.4) is 0 Å². The SMILES string of the molecule is C=CCN(CC(=O)O)C(=O)NCCC1CCCC(C)C1. The molecule has 20 heavy (non-hydrogen) atoms. The number of nitrogens with one attached hydrogen (secondary N) is 1. The molecule has 1 fully saturated rings. The number of carbonyl (C=O) groups excluding carboxylic acids is 1. The fourth-order valence-electron chi connectivity index (χ4n) is 2.86. The van der Waals surface area contributed by atoms with Crippen molar-refractivity contribution >= 4 is 12.0 Å².